The molecular weight excluding hydrogens is 424 g/mol. The molecule has 1 saturated heterocycles. The van der Waals surface area contributed by atoms with E-state index in [4.69, 9.17) is 14.2 Å². The maximum Gasteiger partial charge on any atom is 0.257 e. The minimum Gasteiger partial charge on any atom is -0.497 e. The van der Waals surface area contributed by atoms with Crippen LogP contribution in [0.4, 0.5) is 5.69 Å². The number of ketones is 1. The van der Waals surface area contributed by atoms with Crippen molar-refractivity contribution in [3.05, 3.63) is 53.1 Å². The number of amides is 2. The van der Waals surface area contributed by atoms with Gasteiger partial charge in [0.25, 0.3) is 5.91 Å². The zero-order valence-electron chi connectivity index (χ0n) is 19.5. The molecule has 8 heteroatoms. The quantitative estimate of drug-likeness (QED) is 0.615. The summed E-state index contributed by atoms with van der Waals surface area (Å²) in [5, 5.41) is 2.95. The van der Waals surface area contributed by atoms with Crippen LogP contribution in [-0.4, -0.2) is 63.5 Å². The van der Waals surface area contributed by atoms with E-state index in [1.807, 2.05) is 13.0 Å². The number of nitrogens with zero attached hydrogens (tertiary/aromatic N) is 1. The highest BCUT2D eigenvalue weighted by Crippen LogP contribution is 2.28. The van der Waals surface area contributed by atoms with E-state index in [1.54, 1.807) is 42.3 Å². The van der Waals surface area contributed by atoms with Crippen molar-refractivity contribution in [1.82, 2.24) is 4.90 Å². The smallest absolute Gasteiger partial charge is 0.257 e. The predicted octanol–water partition coefficient (Wildman–Crippen LogP) is 3.33. The number of rotatable bonds is 8. The summed E-state index contributed by atoms with van der Waals surface area (Å²) in [7, 11) is 4.54. The van der Waals surface area contributed by atoms with Gasteiger partial charge in [0.15, 0.2) is 5.78 Å². The zero-order chi connectivity index (χ0) is 24.0. The molecule has 33 heavy (non-hydrogen) atoms. The molecule has 176 valence electrons. The summed E-state index contributed by atoms with van der Waals surface area (Å²) in [5.41, 5.74) is 2.45. The van der Waals surface area contributed by atoms with Gasteiger partial charge in [0.1, 0.15) is 18.1 Å². The van der Waals surface area contributed by atoms with Crippen molar-refractivity contribution in [2.45, 2.75) is 19.8 Å². The molecule has 8 nitrogen and oxygen atoms in total. The average Bonchev–Trinajstić information content (AvgIpc) is 2.84. The first-order valence-corrected chi connectivity index (χ1v) is 10.8. The van der Waals surface area contributed by atoms with Crippen LogP contribution in [0.15, 0.2) is 36.4 Å². The van der Waals surface area contributed by atoms with Crippen LogP contribution in [0.2, 0.25) is 0 Å². The number of Topliss-reactive ketones (excluding diaryl/α,β-unsaturated/α-hetero) is 1. The van der Waals surface area contributed by atoms with Crippen molar-refractivity contribution in [3.8, 4) is 11.5 Å². The molecule has 3 rings (SSSR count). The van der Waals surface area contributed by atoms with Crippen LogP contribution < -0.4 is 14.8 Å². The Balaban J connectivity index is 1.62. The van der Waals surface area contributed by atoms with Crippen molar-refractivity contribution in [1.29, 1.82) is 0 Å². The molecule has 0 spiro atoms. The van der Waals surface area contributed by atoms with Gasteiger partial charge in [-0.3, -0.25) is 14.4 Å². The average molecular weight is 455 g/mol. The SMILES string of the molecule is COCC(=O)c1ccc(C)c(NC(=O)C2CCN(C(=O)c3ccc(OC)cc3OC)CC2)c1. The molecule has 0 bridgehead atoms. The largest absolute Gasteiger partial charge is 0.497 e. The van der Waals surface area contributed by atoms with Crippen LogP contribution in [0.3, 0.4) is 0 Å². The third-order valence-electron chi connectivity index (χ3n) is 5.88. The Morgan fingerprint density at radius 3 is 2.36 bits per heavy atom. The fraction of sp³-hybridized carbons (Fsp3) is 0.400. The number of benzene rings is 2. The van der Waals surface area contributed by atoms with Gasteiger partial charge < -0.3 is 24.4 Å². The summed E-state index contributed by atoms with van der Waals surface area (Å²) >= 11 is 0. The van der Waals surface area contributed by atoms with E-state index in [2.05, 4.69) is 5.32 Å². The van der Waals surface area contributed by atoms with E-state index in [0.717, 1.165) is 5.56 Å². The van der Waals surface area contributed by atoms with Crippen LogP contribution in [0.5, 0.6) is 11.5 Å². The van der Waals surface area contributed by atoms with Crippen molar-refractivity contribution < 1.29 is 28.6 Å². The maximum atomic E-state index is 13.0. The molecule has 2 amide bonds. The summed E-state index contributed by atoms with van der Waals surface area (Å²) in [6, 6.07) is 10.3. The van der Waals surface area contributed by atoms with Crippen LogP contribution in [0, 0.1) is 12.8 Å². The topological polar surface area (TPSA) is 94.2 Å². The van der Waals surface area contributed by atoms with Gasteiger partial charge in [0, 0.05) is 43.4 Å². The van der Waals surface area contributed by atoms with E-state index in [-0.39, 0.29) is 30.1 Å². The molecule has 0 radical (unpaired) electrons. The Morgan fingerprint density at radius 2 is 1.73 bits per heavy atom. The molecule has 1 N–H and O–H groups in total. The van der Waals surface area contributed by atoms with Crippen LogP contribution >= 0.6 is 0 Å². The van der Waals surface area contributed by atoms with Gasteiger partial charge in [0.05, 0.1) is 19.8 Å². The van der Waals surface area contributed by atoms with Gasteiger partial charge in [-0.1, -0.05) is 12.1 Å². The minimum absolute atomic E-state index is 0.0120. The lowest BCUT2D eigenvalue weighted by atomic mass is 9.95. The first-order chi connectivity index (χ1) is 15.9. The lowest BCUT2D eigenvalue weighted by molar-refractivity contribution is -0.121. The van der Waals surface area contributed by atoms with Crippen molar-refractivity contribution >= 4 is 23.3 Å². The summed E-state index contributed by atoms with van der Waals surface area (Å²) < 4.78 is 15.5. The van der Waals surface area contributed by atoms with Crippen LogP contribution in [0.1, 0.15) is 39.1 Å². The second-order valence-corrected chi connectivity index (χ2v) is 8.01. The van der Waals surface area contributed by atoms with Gasteiger partial charge in [0.2, 0.25) is 5.91 Å². The Labute approximate surface area is 193 Å². The number of hydrogen-bond acceptors (Lipinski definition) is 6. The molecule has 0 aromatic heterocycles. The van der Waals surface area contributed by atoms with E-state index in [9.17, 15) is 14.4 Å². The van der Waals surface area contributed by atoms with E-state index < -0.39 is 0 Å². The molecular formula is C25H30N2O6. The summed E-state index contributed by atoms with van der Waals surface area (Å²) in [5.74, 6) is 0.468. The minimum atomic E-state index is -0.218. The van der Waals surface area contributed by atoms with Crippen molar-refractivity contribution in [2.24, 2.45) is 5.92 Å². The summed E-state index contributed by atoms with van der Waals surface area (Å²) in [6.45, 7) is 2.81. The molecule has 0 unspecified atom stereocenters. The molecule has 0 atom stereocenters. The number of carbonyl (C=O) groups is 3. The molecule has 0 saturated carbocycles. The second kappa shape index (κ2) is 11.0. The maximum absolute atomic E-state index is 13.0. The highest BCUT2D eigenvalue weighted by atomic mass is 16.5. The van der Waals surface area contributed by atoms with Gasteiger partial charge in [-0.25, -0.2) is 0 Å². The number of hydrogen-bond donors (Lipinski definition) is 1. The number of anilines is 1. The van der Waals surface area contributed by atoms with Crippen LogP contribution in [-0.2, 0) is 9.53 Å². The number of piperidine rings is 1. The van der Waals surface area contributed by atoms with Gasteiger partial charge in [-0.2, -0.15) is 0 Å². The molecule has 1 aliphatic rings. The van der Waals surface area contributed by atoms with E-state index in [1.165, 1.54) is 14.2 Å². The van der Waals surface area contributed by atoms with Gasteiger partial charge in [-0.05, 0) is 43.5 Å². The van der Waals surface area contributed by atoms with Crippen molar-refractivity contribution in [3.63, 3.8) is 0 Å². The first kappa shape index (κ1) is 24.3. The Bertz CT molecular complexity index is 1030. The number of ether oxygens (including phenoxy) is 3. The monoisotopic (exact) mass is 454 g/mol. The molecule has 2 aromatic carbocycles. The Morgan fingerprint density at radius 1 is 1.00 bits per heavy atom. The van der Waals surface area contributed by atoms with E-state index >= 15 is 0 Å². The first-order valence-electron chi connectivity index (χ1n) is 10.8. The molecule has 2 aromatic rings. The number of methoxy groups -OCH3 is 3. The Kier molecular flexibility index (Phi) is 8.06. The zero-order valence-corrected chi connectivity index (χ0v) is 19.5. The second-order valence-electron chi connectivity index (χ2n) is 8.01. The Hall–Kier alpha value is -3.39. The van der Waals surface area contributed by atoms with Crippen LogP contribution in [0.25, 0.3) is 0 Å². The van der Waals surface area contributed by atoms with Gasteiger partial charge in [-0.15, -0.1) is 0 Å². The summed E-state index contributed by atoms with van der Waals surface area (Å²) in [6.07, 6.45) is 1.11. The van der Waals surface area contributed by atoms with E-state index in [0.29, 0.717) is 54.2 Å². The number of likely N-dealkylation sites (tertiary alicyclic amines) is 1. The highest BCUT2D eigenvalue weighted by Gasteiger charge is 2.29. The lowest BCUT2D eigenvalue weighted by Crippen LogP contribution is -2.41. The molecule has 1 fully saturated rings. The molecule has 0 aliphatic carbocycles. The fourth-order valence-corrected chi connectivity index (χ4v) is 3.87. The highest BCUT2D eigenvalue weighted by molar-refractivity contribution is 6.00. The van der Waals surface area contributed by atoms with Gasteiger partial charge >= 0.3 is 0 Å². The predicted molar refractivity (Wildman–Crippen MR) is 124 cm³/mol. The fourth-order valence-electron chi connectivity index (χ4n) is 3.87. The van der Waals surface area contributed by atoms with Crippen molar-refractivity contribution in [2.75, 3.05) is 46.3 Å². The number of aryl methyl sites for hydroxylation is 1. The molecule has 1 heterocycles. The molecule has 1 aliphatic heterocycles. The standard InChI is InChI=1S/C25H30N2O6/c1-16-5-6-18(22(28)15-31-2)13-21(16)26-24(29)17-9-11-27(12-10-17)25(30)20-8-7-19(32-3)14-23(20)33-4/h5-8,13-14,17H,9-12,15H2,1-4H3,(H,26,29). The summed E-state index contributed by atoms with van der Waals surface area (Å²) in [4.78, 5) is 39.7. The third kappa shape index (κ3) is 5.70. The number of carbonyl (C=O) groups excluding carboxylic acids is 3. The normalized spacial score (nSPS) is 14.0. The third-order valence-corrected chi connectivity index (χ3v) is 5.88. The lowest BCUT2D eigenvalue weighted by Gasteiger charge is -2.32. The number of nitrogens with one attached hydrogen (secondary N) is 1.